The van der Waals surface area contributed by atoms with Crippen molar-refractivity contribution >= 4 is 22.9 Å². The van der Waals surface area contributed by atoms with Crippen LogP contribution in [-0.2, 0) is 16.6 Å². The summed E-state index contributed by atoms with van der Waals surface area (Å²) in [5.41, 5.74) is -2.38. The summed E-state index contributed by atoms with van der Waals surface area (Å²) in [6, 6.07) is 0. The Bertz CT molecular complexity index is 884. The van der Waals surface area contributed by atoms with Gasteiger partial charge in [0.1, 0.15) is 5.52 Å². The molecule has 0 bridgehead atoms. The molecular weight excluding hydrogens is 408 g/mol. The molecule has 0 unspecified atom stereocenters. The second-order valence-corrected chi connectivity index (χ2v) is 5.01. The number of imidazole rings is 1. The summed E-state index contributed by atoms with van der Waals surface area (Å²) in [6.07, 6.45) is -12.4. The Morgan fingerprint density at radius 3 is 1.81 bits per heavy atom. The summed E-state index contributed by atoms with van der Waals surface area (Å²) in [5, 5.41) is 1.63. The van der Waals surface area contributed by atoms with Crippen LogP contribution in [0.5, 0.6) is 0 Å². The van der Waals surface area contributed by atoms with Gasteiger partial charge in [0.15, 0.2) is 17.3 Å². The van der Waals surface area contributed by atoms with E-state index in [1.165, 1.54) is 4.98 Å². The molecular formula is C11H5F10N5O. The summed E-state index contributed by atoms with van der Waals surface area (Å²) < 4.78 is 128. The van der Waals surface area contributed by atoms with Gasteiger partial charge in [-0.05, 0) is 0 Å². The maximum Gasteiger partial charge on any atom is 0.461 e. The van der Waals surface area contributed by atoms with Gasteiger partial charge < -0.3 is 10.3 Å². The highest BCUT2D eigenvalue weighted by Crippen LogP contribution is 2.45. The Kier molecular flexibility index (Phi) is 4.52. The average molecular weight is 413 g/mol. The van der Waals surface area contributed by atoms with Crippen molar-refractivity contribution in [3.8, 4) is 0 Å². The quantitative estimate of drug-likeness (QED) is 0.754. The molecule has 16 heteroatoms. The molecule has 1 amide bonds. The van der Waals surface area contributed by atoms with Gasteiger partial charge in [-0.2, -0.15) is 43.9 Å². The fraction of sp³-hybridized carbons (Fsp3) is 0.455. The second kappa shape index (κ2) is 5.91. The van der Waals surface area contributed by atoms with Crippen molar-refractivity contribution in [1.82, 2.24) is 19.9 Å². The molecule has 0 aliphatic rings. The lowest BCUT2D eigenvalue weighted by Crippen LogP contribution is -2.35. The maximum absolute atomic E-state index is 13.4. The van der Waals surface area contributed by atoms with Gasteiger partial charge in [0.25, 0.3) is 0 Å². The first-order valence-electron chi connectivity index (χ1n) is 6.44. The van der Waals surface area contributed by atoms with E-state index in [0.29, 0.717) is 0 Å². The highest BCUT2D eigenvalue weighted by molar-refractivity contribution is 5.95. The molecule has 0 aromatic carbocycles. The van der Waals surface area contributed by atoms with Gasteiger partial charge in [-0.25, -0.2) is 15.0 Å². The van der Waals surface area contributed by atoms with E-state index in [9.17, 15) is 48.7 Å². The normalized spacial score (nSPS) is 13.9. The Morgan fingerprint density at radius 1 is 0.852 bits per heavy atom. The molecule has 2 heterocycles. The lowest BCUT2D eigenvalue weighted by molar-refractivity contribution is -0.292. The van der Waals surface area contributed by atoms with Crippen LogP contribution in [0.2, 0.25) is 0 Å². The van der Waals surface area contributed by atoms with Gasteiger partial charge in [-0.1, -0.05) is 0 Å². The van der Waals surface area contributed by atoms with Gasteiger partial charge >= 0.3 is 24.2 Å². The monoisotopic (exact) mass is 413 g/mol. The molecule has 0 spiro atoms. The summed E-state index contributed by atoms with van der Waals surface area (Å²) in [5.74, 6) is -18.1. The van der Waals surface area contributed by atoms with Crippen molar-refractivity contribution < 1.29 is 48.7 Å². The highest BCUT2D eigenvalue weighted by atomic mass is 19.4. The SMILES string of the molecule is CC(=O)Nc1nc(C(F)(F)C(F)(F)F)nc2nc(C(F)(F)C(F)(F)F)[nH]c12. The molecule has 0 saturated carbocycles. The summed E-state index contributed by atoms with van der Waals surface area (Å²) in [4.78, 5) is 20.4. The largest absolute Gasteiger partial charge is 0.461 e. The van der Waals surface area contributed by atoms with Crippen LogP contribution in [0.4, 0.5) is 49.7 Å². The van der Waals surface area contributed by atoms with Crippen molar-refractivity contribution in [2.75, 3.05) is 5.32 Å². The molecule has 150 valence electrons. The van der Waals surface area contributed by atoms with Crippen molar-refractivity contribution in [2.24, 2.45) is 0 Å². The number of fused-ring (bicyclic) bond motifs is 1. The minimum absolute atomic E-state index is 0.747. The zero-order valence-corrected chi connectivity index (χ0v) is 12.5. The molecule has 2 N–H and O–H groups in total. The van der Waals surface area contributed by atoms with Crippen LogP contribution in [0.1, 0.15) is 18.6 Å². The standard InChI is InChI=1S/C11H5F10N5O/c1-2(27)22-4-3-5(25-6(23-3)8(12,13)10(16,17)18)26-7(24-4)9(14,15)11(19,20)21/h1H3,(H2,22,23,24,25,26,27). The molecule has 6 nitrogen and oxygen atoms in total. The van der Waals surface area contributed by atoms with Crippen molar-refractivity contribution in [1.29, 1.82) is 0 Å². The predicted octanol–water partition coefficient (Wildman–Crippen LogP) is 3.62. The number of amides is 1. The predicted molar refractivity (Wildman–Crippen MR) is 65.9 cm³/mol. The minimum atomic E-state index is -6.22. The number of hydrogen-bond donors (Lipinski definition) is 2. The zero-order valence-electron chi connectivity index (χ0n) is 12.5. The smallest absolute Gasteiger partial charge is 0.332 e. The van der Waals surface area contributed by atoms with E-state index < -0.39 is 58.7 Å². The lowest BCUT2D eigenvalue weighted by Gasteiger charge is -2.18. The maximum atomic E-state index is 13.4. The number of carbonyl (C=O) groups excluding carboxylic acids is 1. The van der Waals surface area contributed by atoms with Crippen molar-refractivity contribution in [3.63, 3.8) is 0 Å². The number of rotatable bonds is 3. The summed E-state index contributed by atoms with van der Waals surface area (Å²) in [6.45, 7) is 0.747. The number of aromatic nitrogens is 4. The van der Waals surface area contributed by atoms with E-state index in [0.717, 1.165) is 6.92 Å². The number of aromatic amines is 1. The van der Waals surface area contributed by atoms with E-state index >= 15 is 0 Å². The minimum Gasteiger partial charge on any atom is -0.332 e. The fourth-order valence-electron chi connectivity index (χ4n) is 1.70. The molecule has 0 aliphatic heterocycles. The van der Waals surface area contributed by atoms with Gasteiger partial charge in [-0.3, -0.25) is 4.79 Å². The number of nitrogens with one attached hydrogen (secondary N) is 2. The molecule has 0 radical (unpaired) electrons. The molecule has 2 aromatic heterocycles. The first-order chi connectivity index (χ1) is 12.0. The van der Waals surface area contributed by atoms with E-state index in [4.69, 9.17) is 0 Å². The number of anilines is 1. The first-order valence-corrected chi connectivity index (χ1v) is 6.44. The van der Waals surface area contributed by atoms with Gasteiger partial charge in [0.05, 0.1) is 0 Å². The molecule has 2 aromatic rings. The second-order valence-electron chi connectivity index (χ2n) is 5.01. The fourth-order valence-corrected chi connectivity index (χ4v) is 1.70. The Morgan fingerprint density at radius 2 is 1.37 bits per heavy atom. The summed E-state index contributed by atoms with van der Waals surface area (Å²) >= 11 is 0. The van der Waals surface area contributed by atoms with Crippen LogP contribution in [-0.4, -0.2) is 38.2 Å². The number of alkyl halides is 10. The molecule has 0 saturated heterocycles. The Balaban J connectivity index is 2.77. The van der Waals surface area contributed by atoms with Crippen LogP contribution in [0.3, 0.4) is 0 Å². The third-order valence-corrected chi connectivity index (χ3v) is 2.94. The number of hydrogen-bond acceptors (Lipinski definition) is 4. The first kappa shape index (κ1) is 20.6. The third-order valence-electron chi connectivity index (χ3n) is 2.94. The van der Waals surface area contributed by atoms with Crippen LogP contribution in [0, 0.1) is 0 Å². The van der Waals surface area contributed by atoms with E-state index in [-0.39, 0.29) is 0 Å². The van der Waals surface area contributed by atoms with Crippen LogP contribution in [0.25, 0.3) is 11.2 Å². The molecule has 0 atom stereocenters. The van der Waals surface area contributed by atoms with Crippen LogP contribution < -0.4 is 5.32 Å². The van der Waals surface area contributed by atoms with Gasteiger partial charge in [-0.15, -0.1) is 0 Å². The van der Waals surface area contributed by atoms with Gasteiger partial charge in [0.2, 0.25) is 11.7 Å². The Labute approximate surface area is 141 Å². The Hall–Kier alpha value is -2.68. The van der Waals surface area contributed by atoms with Crippen LogP contribution >= 0.6 is 0 Å². The topological polar surface area (TPSA) is 83.6 Å². The van der Waals surface area contributed by atoms with Gasteiger partial charge in [0, 0.05) is 6.92 Å². The number of halogens is 10. The number of carbonyl (C=O) groups is 1. The molecule has 27 heavy (non-hydrogen) atoms. The van der Waals surface area contributed by atoms with E-state index in [1.54, 1.807) is 5.32 Å². The van der Waals surface area contributed by atoms with Crippen molar-refractivity contribution in [3.05, 3.63) is 11.6 Å². The van der Waals surface area contributed by atoms with E-state index in [2.05, 4.69) is 15.0 Å². The third kappa shape index (κ3) is 3.46. The molecule has 2 rings (SSSR count). The lowest BCUT2D eigenvalue weighted by atomic mass is 10.3. The van der Waals surface area contributed by atoms with E-state index in [1.807, 2.05) is 0 Å². The van der Waals surface area contributed by atoms with Crippen LogP contribution in [0.15, 0.2) is 0 Å². The average Bonchev–Trinajstić information content (AvgIpc) is 2.89. The summed E-state index contributed by atoms with van der Waals surface area (Å²) in [7, 11) is 0. The highest BCUT2D eigenvalue weighted by Gasteiger charge is 2.62. The van der Waals surface area contributed by atoms with Crippen molar-refractivity contribution in [2.45, 2.75) is 31.1 Å². The zero-order chi connectivity index (χ0) is 21.0. The number of nitrogens with zero attached hydrogens (tertiary/aromatic N) is 3. The molecule has 0 aliphatic carbocycles. The molecule has 0 fully saturated rings. The number of H-pyrrole nitrogens is 1.